The van der Waals surface area contributed by atoms with E-state index in [0.717, 1.165) is 21.4 Å². The SMILES string of the molecule is Cc1nc(NC(=O)C(C)(C)C)sc1-c1csc(NCCO)n1. The minimum atomic E-state index is -0.457. The molecule has 0 fully saturated rings. The molecule has 6 nitrogen and oxygen atoms in total. The zero-order valence-electron chi connectivity index (χ0n) is 13.1. The van der Waals surface area contributed by atoms with Crippen molar-refractivity contribution in [3.05, 3.63) is 11.1 Å². The summed E-state index contributed by atoms with van der Waals surface area (Å²) in [7, 11) is 0. The fourth-order valence-corrected chi connectivity index (χ4v) is 3.32. The van der Waals surface area contributed by atoms with Gasteiger partial charge in [-0.1, -0.05) is 32.1 Å². The van der Waals surface area contributed by atoms with Crippen LogP contribution in [0.25, 0.3) is 10.6 Å². The second-order valence-electron chi connectivity index (χ2n) is 5.83. The highest BCUT2D eigenvalue weighted by atomic mass is 32.1. The minimum Gasteiger partial charge on any atom is -0.395 e. The minimum absolute atomic E-state index is 0.0589. The molecule has 0 saturated heterocycles. The molecule has 3 N–H and O–H groups in total. The first-order valence-corrected chi connectivity index (χ1v) is 8.60. The molecule has 0 aliphatic carbocycles. The topological polar surface area (TPSA) is 87.1 Å². The number of nitrogens with one attached hydrogen (secondary N) is 2. The van der Waals surface area contributed by atoms with E-state index < -0.39 is 5.41 Å². The van der Waals surface area contributed by atoms with Crippen molar-refractivity contribution < 1.29 is 9.90 Å². The highest BCUT2D eigenvalue weighted by molar-refractivity contribution is 7.19. The molecule has 0 aliphatic heterocycles. The van der Waals surface area contributed by atoms with Crippen molar-refractivity contribution in [3.8, 4) is 10.6 Å². The van der Waals surface area contributed by atoms with E-state index in [2.05, 4.69) is 20.6 Å². The van der Waals surface area contributed by atoms with Gasteiger partial charge in [0.05, 0.1) is 22.9 Å². The quantitative estimate of drug-likeness (QED) is 0.779. The van der Waals surface area contributed by atoms with Gasteiger partial charge in [-0.2, -0.15) is 0 Å². The fraction of sp³-hybridized carbons (Fsp3) is 0.500. The first kappa shape index (κ1) is 16.9. The molecule has 0 saturated carbocycles. The molecule has 2 aromatic heterocycles. The third-order valence-corrected chi connectivity index (χ3v) is 4.72. The van der Waals surface area contributed by atoms with Crippen molar-refractivity contribution in [2.45, 2.75) is 27.7 Å². The summed E-state index contributed by atoms with van der Waals surface area (Å²) in [6.07, 6.45) is 0. The van der Waals surface area contributed by atoms with Crippen LogP contribution in [0.4, 0.5) is 10.3 Å². The average Bonchev–Trinajstić information content (AvgIpc) is 3.02. The first-order chi connectivity index (χ1) is 10.3. The molecular weight excluding hydrogens is 320 g/mol. The van der Waals surface area contributed by atoms with Crippen LogP contribution in [0.2, 0.25) is 0 Å². The van der Waals surface area contributed by atoms with Crippen LogP contribution >= 0.6 is 22.7 Å². The number of amides is 1. The molecule has 2 rings (SSSR count). The van der Waals surface area contributed by atoms with Gasteiger partial charge in [-0.25, -0.2) is 9.97 Å². The number of rotatable bonds is 5. The number of thiazole rings is 2. The molecule has 1 amide bonds. The maximum atomic E-state index is 12.0. The number of aryl methyl sites for hydroxylation is 1. The number of nitrogens with zero attached hydrogens (tertiary/aromatic N) is 2. The van der Waals surface area contributed by atoms with Crippen LogP contribution in [0.5, 0.6) is 0 Å². The summed E-state index contributed by atoms with van der Waals surface area (Å²) in [5.74, 6) is -0.0589. The molecule has 0 radical (unpaired) electrons. The third kappa shape index (κ3) is 4.02. The molecule has 0 spiro atoms. The smallest absolute Gasteiger partial charge is 0.231 e. The van der Waals surface area contributed by atoms with Gasteiger partial charge < -0.3 is 15.7 Å². The summed E-state index contributed by atoms with van der Waals surface area (Å²) in [6.45, 7) is 8.04. The van der Waals surface area contributed by atoms with Gasteiger partial charge in [-0.15, -0.1) is 11.3 Å². The van der Waals surface area contributed by atoms with Crippen molar-refractivity contribution in [1.29, 1.82) is 0 Å². The van der Waals surface area contributed by atoms with Crippen LogP contribution in [0.15, 0.2) is 5.38 Å². The molecule has 2 aromatic rings. The van der Waals surface area contributed by atoms with Crippen LogP contribution in [0.3, 0.4) is 0 Å². The van der Waals surface area contributed by atoms with Crippen LogP contribution in [0, 0.1) is 12.3 Å². The van der Waals surface area contributed by atoms with Gasteiger partial charge in [0, 0.05) is 17.3 Å². The van der Waals surface area contributed by atoms with Crippen LogP contribution in [-0.2, 0) is 4.79 Å². The zero-order valence-corrected chi connectivity index (χ0v) is 14.7. The Bertz CT molecular complexity index is 658. The molecule has 2 heterocycles. The number of aliphatic hydroxyl groups is 1. The predicted octanol–water partition coefficient (Wildman–Crippen LogP) is 2.96. The molecule has 0 aromatic carbocycles. The number of aromatic nitrogens is 2. The number of hydrogen-bond acceptors (Lipinski definition) is 7. The molecule has 0 atom stereocenters. The number of aliphatic hydroxyl groups excluding tert-OH is 1. The second kappa shape index (κ2) is 6.72. The van der Waals surface area contributed by atoms with Crippen molar-refractivity contribution in [2.24, 2.45) is 5.41 Å². The van der Waals surface area contributed by atoms with E-state index in [1.54, 1.807) is 0 Å². The van der Waals surface area contributed by atoms with Crippen LogP contribution < -0.4 is 10.6 Å². The van der Waals surface area contributed by atoms with Gasteiger partial charge >= 0.3 is 0 Å². The number of carbonyl (C=O) groups excluding carboxylic acids is 1. The van der Waals surface area contributed by atoms with E-state index in [1.165, 1.54) is 22.7 Å². The van der Waals surface area contributed by atoms with Crippen LogP contribution in [-0.4, -0.2) is 34.1 Å². The van der Waals surface area contributed by atoms with E-state index in [0.29, 0.717) is 11.7 Å². The second-order valence-corrected chi connectivity index (χ2v) is 7.68. The normalized spacial score (nSPS) is 11.5. The summed E-state index contributed by atoms with van der Waals surface area (Å²) >= 11 is 2.90. The maximum Gasteiger partial charge on any atom is 0.231 e. The van der Waals surface area contributed by atoms with Crippen LogP contribution in [0.1, 0.15) is 26.5 Å². The molecule has 0 unspecified atom stereocenters. The lowest BCUT2D eigenvalue weighted by molar-refractivity contribution is -0.123. The fourth-order valence-electron chi connectivity index (χ4n) is 1.59. The van der Waals surface area contributed by atoms with Crippen molar-refractivity contribution in [3.63, 3.8) is 0 Å². The van der Waals surface area contributed by atoms with Gasteiger partial charge in [0.15, 0.2) is 10.3 Å². The Balaban J connectivity index is 2.16. The van der Waals surface area contributed by atoms with Gasteiger partial charge in [0.2, 0.25) is 5.91 Å². The highest BCUT2D eigenvalue weighted by Crippen LogP contribution is 2.35. The number of hydrogen-bond donors (Lipinski definition) is 3. The lowest BCUT2D eigenvalue weighted by atomic mass is 9.96. The Morgan fingerprint density at radius 3 is 2.68 bits per heavy atom. The molecular formula is C14H20N4O2S2. The predicted molar refractivity (Wildman–Crippen MR) is 91.6 cm³/mol. The summed E-state index contributed by atoms with van der Waals surface area (Å²) in [5.41, 5.74) is 1.21. The standard InChI is InChI=1S/C14H20N4O2S2/c1-8-10(9-7-21-12(17-9)15-5-6-19)22-13(16-8)18-11(20)14(2,3)4/h7,19H,5-6H2,1-4H3,(H,15,17)(H,16,18,20). The average molecular weight is 340 g/mol. The van der Waals surface area contributed by atoms with Crippen molar-refractivity contribution in [1.82, 2.24) is 9.97 Å². The van der Waals surface area contributed by atoms with E-state index >= 15 is 0 Å². The van der Waals surface area contributed by atoms with E-state index in [4.69, 9.17) is 5.11 Å². The van der Waals surface area contributed by atoms with Crippen molar-refractivity contribution >= 4 is 38.8 Å². The Morgan fingerprint density at radius 1 is 1.32 bits per heavy atom. The van der Waals surface area contributed by atoms with E-state index in [9.17, 15) is 4.79 Å². The van der Waals surface area contributed by atoms with Gasteiger partial charge in [-0.05, 0) is 6.92 Å². The first-order valence-electron chi connectivity index (χ1n) is 6.91. The summed E-state index contributed by atoms with van der Waals surface area (Å²) < 4.78 is 0. The van der Waals surface area contributed by atoms with Gasteiger partial charge in [0.1, 0.15) is 0 Å². The molecule has 0 bridgehead atoms. The molecule has 22 heavy (non-hydrogen) atoms. The van der Waals surface area contributed by atoms with Gasteiger partial charge in [-0.3, -0.25) is 4.79 Å². The van der Waals surface area contributed by atoms with Crippen molar-refractivity contribution in [2.75, 3.05) is 23.8 Å². The van der Waals surface area contributed by atoms with Gasteiger partial charge in [0.25, 0.3) is 0 Å². The zero-order chi connectivity index (χ0) is 16.3. The Hall–Kier alpha value is -1.51. The number of anilines is 2. The van der Waals surface area contributed by atoms with E-state index in [-0.39, 0.29) is 12.5 Å². The lowest BCUT2D eigenvalue weighted by Gasteiger charge is -2.15. The highest BCUT2D eigenvalue weighted by Gasteiger charge is 2.23. The maximum absolute atomic E-state index is 12.0. The third-order valence-electron chi connectivity index (χ3n) is 2.82. The Kier molecular flexibility index (Phi) is 5.15. The number of carbonyl (C=O) groups is 1. The molecule has 120 valence electrons. The molecule has 0 aliphatic rings. The largest absolute Gasteiger partial charge is 0.395 e. The summed E-state index contributed by atoms with van der Waals surface area (Å²) in [6, 6.07) is 0. The summed E-state index contributed by atoms with van der Waals surface area (Å²) in [4.78, 5) is 21.8. The Labute approximate surface area is 137 Å². The Morgan fingerprint density at radius 2 is 2.05 bits per heavy atom. The summed E-state index contributed by atoms with van der Waals surface area (Å²) in [5, 5.41) is 18.0. The lowest BCUT2D eigenvalue weighted by Crippen LogP contribution is -2.27. The monoisotopic (exact) mass is 340 g/mol. The molecule has 8 heteroatoms. The van der Waals surface area contributed by atoms with E-state index in [1.807, 2.05) is 33.1 Å².